The van der Waals surface area contributed by atoms with Gasteiger partial charge in [0.25, 0.3) is 5.19 Å². The lowest BCUT2D eigenvalue weighted by Crippen LogP contribution is -2.44. The summed E-state index contributed by atoms with van der Waals surface area (Å²) >= 11 is 1.58. The van der Waals surface area contributed by atoms with Crippen LogP contribution in [0.5, 0.6) is 5.19 Å². The third-order valence-corrected chi connectivity index (χ3v) is 7.90. The number of aromatic nitrogens is 1. The Labute approximate surface area is 147 Å². The molecule has 3 rings (SSSR count). The average Bonchev–Trinajstić information content (AvgIpc) is 2.96. The molecule has 24 heavy (non-hydrogen) atoms. The molecule has 5 nitrogen and oxygen atoms in total. The predicted octanol–water partition coefficient (Wildman–Crippen LogP) is 3.49. The van der Waals surface area contributed by atoms with Crippen molar-refractivity contribution < 1.29 is 13.2 Å². The largest absolute Gasteiger partial charge is 0.467 e. The average molecular weight is 369 g/mol. The third kappa shape index (κ3) is 3.30. The van der Waals surface area contributed by atoms with Gasteiger partial charge in [0, 0.05) is 13.1 Å². The van der Waals surface area contributed by atoms with Crippen LogP contribution in [0, 0.1) is 13.8 Å². The second kappa shape index (κ2) is 6.61. The summed E-state index contributed by atoms with van der Waals surface area (Å²) in [4.78, 5) is 4.63. The Morgan fingerprint density at radius 1 is 1.21 bits per heavy atom. The van der Waals surface area contributed by atoms with Crippen molar-refractivity contribution in [3.63, 3.8) is 0 Å². The quantitative estimate of drug-likeness (QED) is 0.829. The lowest BCUT2D eigenvalue weighted by molar-refractivity contribution is 0.134. The van der Waals surface area contributed by atoms with E-state index in [0.29, 0.717) is 31.1 Å². The van der Waals surface area contributed by atoms with Gasteiger partial charge in [-0.3, -0.25) is 0 Å². The molecule has 1 fully saturated rings. The van der Waals surface area contributed by atoms with Crippen LogP contribution in [0.25, 0.3) is 10.2 Å². The van der Waals surface area contributed by atoms with Crippen molar-refractivity contribution in [3.05, 3.63) is 23.3 Å². The molecule has 0 N–H and O–H groups in total. The summed E-state index contributed by atoms with van der Waals surface area (Å²) < 4.78 is 33.3. The van der Waals surface area contributed by atoms with Gasteiger partial charge in [-0.25, -0.2) is 17.7 Å². The standard InChI is InChI=1S/C17H24N2O3S2/c1-11(2)24(20,21)19-9-7-14(8-10-19)22-17-18-15-12(3)5-6-13(4)16(15)23-17/h5-6,11,14H,7-10H2,1-4H3. The number of hydrogen-bond acceptors (Lipinski definition) is 5. The van der Waals surface area contributed by atoms with Crippen molar-refractivity contribution in [3.8, 4) is 5.19 Å². The Hall–Kier alpha value is -1.18. The maximum Gasteiger partial charge on any atom is 0.274 e. The fourth-order valence-corrected chi connectivity index (χ4v) is 5.28. The molecule has 1 saturated heterocycles. The topological polar surface area (TPSA) is 59.5 Å². The zero-order valence-electron chi connectivity index (χ0n) is 14.6. The zero-order chi connectivity index (χ0) is 17.5. The molecule has 0 spiro atoms. The van der Waals surface area contributed by atoms with Crippen LogP contribution in [0.4, 0.5) is 0 Å². The van der Waals surface area contributed by atoms with Crippen LogP contribution >= 0.6 is 11.3 Å². The van der Waals surface area contributed by atoms with Crippen LogP contribution < -0.4 is 4.74 Å². The van der Waals surface area contributed by atoms with Crippen LogP contribution in [0.15, 0.2) is 12.1 Å². The van der Waals surface area contributed by atoms with Crippen molar-refractivity contribution >= 4 is 31.6 Å². The molecule has 2 heterocycles. The summed E-state index contributed by atoms with van der Waals surface area (Å²) in [5, 5.41) is 0.317. The second-order valence-corrected chi connectivity index (χ2v) is 10.1. The number of ether oxygens (including phenoxy) is 1. The summed E-state index contributed by atoms with van der Waals surface area (Å²) in [5.41, 5.74) is 3.37. The third-order valence-electron chi connectivity index (χ3n) is 4.55. The van der Waals surface area contributed by atoms with E-state index in [1.54, 1.807) is 29.5 Å². The van der Waals surface area contributed by atoms with Gasteiger partial charge < -0.3 is 4.74 Å². The summed E-state index contributed by atoms with van der Waals surface area (Å²) in [6, 6.07) is 4.19. The number of fused-ring (bicyclic) bond motifs is 1. The number of nitrogens with zero attached hydrogens (tertiary/aromatic N) is 2. The maximum atomic E-state index is 12.2. The Balaban J connectivity index is 1.69. The first-order valence-electron chi connectivity index (χ1n) is 8.31. The zero-order valence-corrected chi connectivity index (χ0v) is 16.2. The van der Waals surface area contributed by atoms with E-state index in [1.807, 2.05) is 0 Å². The van der Waals surface area contributed by atoms with Crippen LogP contribution in [0.3, 0.4) is 0 Å². The summed E-state index contributed by atoms with van der Waals surface area (Å²) in [6.45, 7) is 8.63. The Morgan fingerprint density at radius 2 is 1.83 bits per heavy atom. The number of rotatable bonds is 4. The molecule has 0 amide bonds. The summed E-state index contributed by atoms with van der Waals surface area (Å²) in [6.07, 6.45) is 1.45. The van der Waals surface area contributed by atoms with Crippen molar-refractivity contribution in [1.29, 1.82) is 0 Å². The fourth-order valence-electron chi connectivity index (χ4n) is 2.94. The molecular weight excluding hydrogens is 344 g/mol. The smallest absolute Gasteiger partial charge is 0.274 e. The van der Waals surface area contributed by atoms with Crippen molar-refractivity contribution in [2.75, 3.05) is 13.1 Å². The summed E-state index contributed by atoms with van der Waals surface area (Å²) in [5.74, 6) is 0. The minimum Gasteiger partial charge on any atom is -0.467 e. The number of piperidine rings is 1. The van der Waals surface area contributed by atoms with Crippen LogP contribution in [-0.4, -0.2) is 42.2 Å². The van der Waals surface area contributed by atoms with E-state index in [9.17, 15) is 8.42 Å². The van der Waals surface area contributed by atoms with E-state index in [4.69, 9.17) is 4.74 Å². The van der Waals surface area contributed by atoms with Gasteiger partial charge in [0.2, 0.25) is 10.0 Å². The van der Waals surface area contributed by atoms with Crippen LogP contribution in [0.2, 0.25) is 0 Å². The van der Waals surface area contributed by atoms with Crippen molar-refractivity contribution in [2.45, 2.75) is 51.9 Å². The van der Waals surface area contributed by atoms with E-state index in [0.717, 1.165) is 11.1 Å². The lowest BCUT2D eigenvalue weighted by atomic mass is 10.1. The van der Waals surface area contributed by atoms with Crippen LogP contribution in [0.1, 0.15) is 37.8 Å². The molecular formula is C17H24N2O3S2. The molecule has 1 aromatic heterocycles. The van der Waals surface area contributed by atoms with Gasteiger partial charge in [-0.05, 0) is 51.7 Å². The molecule has 0 unspecified atom stereocenters. The minimum absolute atomic E-state index is 0.0322. The first-order chi connectivity index (χ1) is 11.3. The number of thiazole rings is 1. The molecule has 0 saturated carbocycles. The molecule has 0 radical (unpaired) electrons. The fraction of sp³-hybridized carbons (Fsp3) is 0.588. The van der Waals surface area contributed by atoms with Gasteiger partial charge in [0.1, 0.15) is 6.10 Å². The van der Waals surface area contributed by atoms with Crippen molar-refractivity contribution in [2.24, 2.45) is 0 Å². The summed E-state index contributed by atoms with van der Waals surface area (Å²) in [7, 11) is -3.16. The van der Waals surface area contributed by atoms with E-state index in [-0.39, 0.29) is 11.4 Å². The predicted molar refractivity (Wildman–Crippen MR) is 98.4 cm³/mol. The molecule has 1 aliphatic heterocycles. The molecule has 132 valence electrons. The normalized spacial score (nSPS) is 17.7. The highest BCUT2D eigenvalue weighted by atomic mass is 32.2. The Kier molecular flexibility index (Phi) is 4.86. The first kappa shape index (κ1) is 17.6. The van der Waals surface area contributed by atoms with Crippen LogP contribution in [-0.2, 0) is 10.0 Å². The highest BCUT2D eigenvalue weighted by molar-refractivity contribution is 7.89. The maximum absolute atomic E-state index is 12.2. The molecule has 0 aliphatic carbocycles. The van der Waals surface area contributed by atoms with Gasteiger partial charge >= 0.3 is 0 Å². The van der Waals surface area contributed by atoms with E-state index >= 15 is 0 Å². The number of hydrogen-bond donors (Lipinski definition) is 0. The monoisotopic (exact) mass is 368 g/mol. The highest BCUT2D eigenvalue weighted by Gasteiger charge is 2.31. The van der Waals surface area contributed by atoms with Gasteiger partial charge in [-0.2, -0.15) is 0 Å². The number of benzene rings is 1. The van der Waals surface area contributed by atoms with E-state index in [1.165, 1.54) is 10.3 Å². The molecule has 7 heteroatoms. The second-order valence-electron chi connectivity index (χ2n) is 6.67. The number of sulfonamides is 1. The van der Waals surface area contributed by atoms with Gasteiger partial charge in [0.15, 0.2) is 0 Å². The molecule has 1 aliphatic rings. The molecule has 0 atom stereocenters. The van der Waals surface area contributed by atoms with Gasteiger partial charge in [-0.15, -0.1) is 0 Å². The van der Waals surface area contributed by atoms with Crippen molar-refractivity contribution in [1.82, 2.24) is 9.29 Å². The lowest BCUT2D eigenvalue weighted by Gasteiger charge is -2.31. The Morgan fingerprint density at radius 3 is 2.42 bits per heavy atom. The minimum atomic E-state index is -3.16. The van der Waals surface area contributed by atoms with E-state index < -0.39 is 10.0 Å². The molecule has 2 aromatic rings. The van der Waals surface area contributed by atoms with E-state index in [2.05, 4.69) is 31.0 Å². The van der Waals surface area contributed by atoms with Gasteiger partial charge in [-0.1, -0.05) is 23.5 Å². The molecule has 0 bridgehead atoms. The van der Waals surface area contributed by atoms with Gasteiger partial charge in [0.05, 0.1) is 15.5 Å². The Bertz CT molecular complexity index is 796. The molecule has 1 aromatic carbocycles. The SMILES string of the molecule is Cc1ccc(C)c2sc(OC3CCN(S(=O)(=O)C(C)C)CC3)nc12. The first-order valence-corrected chi connectivity index (χ1v) is 10.6. The highest BCUT2D eigenvalue weighted by Crippen LogP contribution is 2.33. The number of aryl methyl sites for hydroxylation is 2.